The number of nitrogens with zero attached hydrogens (tertiary/aromatic N) is 5. The van der Waals surface area contributed by atoms with E-state index >= 15 is 0 Å². The SMILES string of the molecule is CC[C@@H]1C(=O)N(C)c2cnc(Nc3ccc(C(=O)NCCNCCOCCOCCOCC(=O)Nc4cccc5c4CN(C4CCC(=O)NC4=O)C5=O)cc3OC)nc2N1C1CCCC1. The second kappa shape index (κ2) is 22.1. The lowest BCUT2D eigenvalue weighted by Crippen LogP contribution is -2.55. The van der Waals surface area contributed by atoms with Crippen molar-refractivity contribution in [2.45, 2.75) is 76.5 Å². The number of hydrogen-bond donors (Lipinski definition) is 5. The fourth-order valence-electron chi connectivity index (χ4n) is 8.63. The van der Waals surface area contributed by atoms with Gasteiger partial charge in [0.15, 0.2) is 5.82 Å². The van der Waals surface area contributed by atoms with E-state index in [1.807, 2.05) is 6.92 Å². The van der Waals surface area contributed by atoms with Crippen molar-refractivity contribution in [1.82, 2.24) is 30.8 Å². The average Bonchev–Trinajstić information content (AvgIpc) is 3.96. The van der Waals surface area contributed by atoms with E-state index in [1.165, 1.54) is 12.0 Å². The molecule has 3 aromatic rings. The minimum atomic E-state index is -0.744. The number of nitrogens with one attached hydrogen (secondary N) is 5. The smallest absolute Gasteiger partial charge is 0.255 e. The van der Waals surface area contributed by atoms with Gasteiger partial charge in [-0.1, -0.05) is 25.8 Å². The van der Waals surface area contributed by atoms with Gasteiger partial charge in [-0.25, -0.2) is 4.98 Å². The summed E-state index contributed by atoms with van der Waals surface area (Å²) in [6, 6.07) is 9.36. The highest BCUT2D eigenvalue weighted by atomic mass is 16.5. The summed E-state index contributed by atoms with van der Waals surface area (Å²) >= 11 is 0. The van der Waals surface area contributed by atoms with Crippen LogP contribution in [0.1, 0.15) is 78.1 Å². The highest BCUT2D eigenvalue weighted by Gasteiger charge is 2.42. The zero-order valence-corrected chi connectivity index (χ0v) is 37.1. The van der Waals surface area contributed by atoms with Crippen molar-refractivity contribution in [3.8, 4) is 5.75 Å². The number of aromatic nitrogens is 2. The molecule has 65 heavy (non-hydrogen) atoms. The van der Waals surface area contributed by atoms with Crippen molar-refractivity contribution in [3.63, 3.8) is 0 Å². The van der Waals surface area contributed by atoms with Gasteiger partial charge in [-0.2, -0.15) is 4.98 Å². The van der Waals surface area contributed by atoms with Crippen molar-refractivity contribution < 1.29 is 47.7 Å². The maximum absolute atomic E-state index is 13.2. The van der Waals surface area contributed by atoms with E-state index in [4.69, 9.17) is 23.9 Å². The molecular weight excluding hydrogens is 841 g/mol. The molecule has 2 fully saturated rings. The molecule has 0 radical (unpaired) electrons. The number of amides is 6. The Bertz CT molecular complexity index is 2240. The van der Waals surface area contributed by atoms with Crippen molar-refractivity contribution in [2.24, 2.45) is 0 Å². The molecule has 1 aromatic heterocycles. The standard InChI is InChI=1S/C45H58N10O10/c1-4-34-44(61)53(2)36-25-48-45(52-40(36)55(34)29-8-5-6-9-29)50-33-13-12-28(24-37(33)62-3)41(58)47-17-16-46-18-19-63-20-21-64-22-23-65-27-39(57)49-32-11-7-10-30-31(32)26-54(43(30)60)35-14-15-38(56)51-42(35)59/h7,10-13,24-25,29,34-35,46H,4-6,8-9,14-23,26-27H2,1-3H3,(H,47,58)(H,49,57)(H,48,50,52)(H,51,56,59)/t34-,35?/m1/s1. The minimum Gasteiger partial charge on any atom is -0.495 e. The molecule has 1 unspecified atom stereocenters. The number of anilines is 5. The van der Waals surface area contributed by atoms with Crippen LogP contribution in [0.2, 0.25) is 0 Å². The summed E-state index contributed by atoms with van der Waals surface area (Å²) in [7, 11) is 3.31. The van der Waals surface area contributed by atoms with Crippen LogP contribution in [0.5, 0.6) is 5.75 Å². The first-order chi connectivity index (χ1) is 31.6. The van der Waals surface area contributed by atoms with Crippen LogP contribution in [0.15, 0.2) is 42.6 Å². The Morgan fingerprint density at radius 2 is 1.68 bits per heavy atom. The van der Waals surface area contributed by atoms with Crippen LogP contribution in [-0.4, -0.2) is 142 Å². The molecule has 2 atom stereocenters. The predicted molar refractivity (Wildman–Crippen MR) is 239 cm³/mol. The lowest BCUT2D eigenvalue weighted by molar-refractivity contribution is -0.137. The van der Waals surface area contributed by atoms with Crippen LogP contribution in [0.4, 0.5) is 28.8 Å². The number of piperidine rings is 1. The number of benzene rings is 2. The van der Waals surface area contributed by atoms with E-state index in [0.29, 0.717) is 91.3 Å². The van der Waals surface area contributed by atoms with Gasteiger partial charge in [0, 0.05) is 68.1 Å². The monoisotopic (exact) mass is 898 g/mol. The van der Waals surface area contributed by atoms with Crippen LogP contribution in [0, 0.1) is 0 Å². The number of hydrogen-bond acceptors (Lipinski definition) is 15. The van der Waals surface area contributed by atoms with E-state index in [0.717, 1.165) is 31.5 Å². The Balaban J connectivity index is 0.738. The molecule has 0 bridgehead atoms. The minimum absolute atomic E-state index is 0.0545. The van der Waals surface area contributed by atoms with Gasteiger partial charge in [0.2, 0.25) is 29.6 Å². The first kappa shape index (κ1) is 46.8. The summed E-state index contributed by atoms with van der Waals surface area (Å²) < 4.78 is 22.2. The van der Waals surface area contributed by atoms with Gasteiger partial charge in [0.1, 0.15) is 30.1 Å². The number of ether oxygens (including phenoxy) is 4. The van der Waals surface area contributed by atoms with Gasteiger partial charge in [-0.15, -0.1) is 0 Å². The lowest BCUT2D eigenvalue weighted by Gasteiger charge is -2.43. The molecule has 1 saturated heterocycles. The Kier molecular flexibility index (Phi) is 15.9. The first-order valence-corrected chi connectivity index (χ1v) is 22.2. The van der Waals surface area contributed by atoms with Gasteiger partial charge >= 0.3 is 0 Å². The Hall–Kier alpha value is -6.22. The van der Waals surface area contributed by atoms with E-state index in [-0.39, 0.29) is 74.9 Å². The fraction of sp³-hybridized carbons (Fsp3) is 0.511. The fourth-order valence-corrected chi connectivity index (χ4v) is 8.63. The Morgan fingerprint density at radius 3 is 2.43 bits per heavy atom. The normalized spacial score (nSPS) is 18.4. The molecule has 4 heterocycles. The van der Waals surface area contributed by atoms with Crippen LogP contribution in [-0.2, 0) is 39.9 Å². The van der Waals surface area contributed by atoms with E-state index in [2.05, 4.69) is 36.5 Å². The molecule has 7 rings (SSSR count). The molecular formula is C45H58N10O10. The summed E-state index contributed by atoms with van der Waals surface area (Å²) in [6.07, 6.45) is 7.09. The maximum atomic E-state index is 13.2. The van der Waals surface area contributed by atoms with Gasteiger partial charge in [0.25, 0.3) is 11.8 Å². The van der Waals surface area contributed by atoms with Crippen LogP contribution >= 0.6 is 0 Å². The molecule has 20 nitrogen and oxygen atoms in total. The second-order valence-corrected chi connectivity index (χ2v) is 16.2. The summed E-state index contributed by atoms with van der Waals surface area (Å²) in [5.74, 6) is -0.198. The molecule has 6 amide bonds. The lowest BCUT2D eigenvalue weighted by atomic mass is 10.0. The highest BCUT2D eigenvalue weighted by molar-refractivity contribution is 6.07. The van der Waals surface area contributed by atoms with Crippen molar-refractivity contribution >= 4 is 64.3 Å². The average molecular weight is 899 g/mol. The molecule has 4 aliphatic rings. The first-order valence-electron chi connectivity index (χ1n) is 22.2. The zero-order chi connectivity index (χ0) is 45.9. The quantitative estimate of drug-likeness (QED) is 0.0720. The molecule has 1 aliphatic carbocycles. The van der Waals surface area contributed by atoms with Gasteiger partial charge in [-0.05, 0) is 56.0 Å². The van der Waals surface area contributed by atoms with Crippen molar-refractivity contribution in [3.05, 3.63) is 59.3 Å². The molecule has 5 N–H and O–H groups in total. The topological polar surface area (TPSA) is 235 Å². The van der Waals surface area contributed by atoms with Gasteiger partial charge < -0.3 is 54.9 Å². The number of carbonyl (C=O) groups is 6. The number of fused-ring (bicyclic) bond motifs is 2. The largest absolute Gasteiger partial charge is 0.495 e. The summed E-state index contributed by atoms with van der Waals surface area (Å²) in [5.41, 5.74) is 3.20. The Labute approximate surface area is 377 Å². The number of carbonyl (C=O) groups excluding carboxylic acids is 6. The Morgan fingerprint density at radius 1 is 0.908 bits per heavy atom. The highest BCUT2D eigenvalue weighted by Crippen LogP contribution is 2.40. The molecule has 0 spiro atoms. The summed E-state index contributed by atoms with van der Waals surface area (Å²) in [6.45, 7) is 5.08. The third-order valence-electron chi connectivity index (χ3n) is 12.0. The van der Waals surface area contributed by atoms with Crippen molar-refractivity contribution in [1.29, 1.82) is 0 Å². The summed E-state index contributed by atoms with van der Waals surface area (Å²) in [5, 5.41) is 14.5. The third-order valence-corrected chi connectivity index (χ3v) is 12.0. The summed E-state index contributed by atoms with van der Waals surface area (Å²) in [4.78, 5) is 90.5. The number of rotatable bonds is 22. The second-order valence-electron chi connectivity index (χ2n) is 16.2. The van der Waals surface area contributed by atoms with Crippen LogP contribution in [0.25, 0.3) is 0 Å². The number of methoxy groups -OCH3 is 1. The number of likely N-dealkylation sites (N-methyl/N-ethyl adjacent to an activating group) is 1. The predicted octanol–water partition coefficient (Wildman–Crippen LogP) is 2.50. The molecule has 348 valence electrons. The van der Waals surface area contributed by atoms with Crippen LogP contribution < -0.4 is 41.1 Å². The van der Waals surface area contributed by atoms with E-state index in [1.54, 1.807) is 54.5 Å². The van der Waals surface area contributed by atoms with E-state index in [9.17, 15) is 28.8 Å². The third kappa shape index (κ3) is 11.2. The molecule has 1 saturated carbocycles. The van der Waals surface area contributed by atoms with Crippen molar-refractivity contribution in [2.75, 3.05) is 93.9 Å². The van der Waals surface area contributed by atoms with Crippen LogP contribution in [0.3, 0.4) is 0 Å². The molecule has 3 aliphatic heterocycles. The van der Waals surface area contributed by atoms with Gasteiger partial charge in [-0.3, -0.25) is 34.1 Å². The zero-order valence-electron chi connectivity index (χ0n) is 37.1. The van der Waals surface area contributed by atoms with E-state index < -0.39 is 17.9 Å². The maximum Gasteiger partial charge on any atom is 0.255 e. The molecule has 20 heteroatoms. The van der Waals surface area contributed by atoms with Gasteiger partial charge in [0.05, 0.1) is 52.0 Å². The number of imide groups is 1. The molecule has 2 aromatic carbocycles.